The van der Waals surface area contributed by atoms with Crippen molar-refractivity contribution >= 4 is 12.1 Å². The highest BCUT2D eigenvalue weighted by Gasteiger charge is 2.39. The number of hydrogen-bond acceptors (Lipinski definition) is 5. The van der Waals surface area contributed by atoms with Crippen molar-refractivity contribution in [2.24, 2.45) is 0 Å². The zero-order chi connectivity index (χ0) is 17.1. The third-order valence-electron chi connectivity index (χ3n) is 2.52. The molecule has 7 nitrogen and oxygen atoms in total. The van der Waals surface area contributed by atoms with Gasteiger partial charge in [-0.25, -0.2) is 9.59 Å². The summed E-state index contributed by atoms with van der Waals surface area (Å²) in [5.74, 6) is -1.39. The lowest BCUT2D eigenvalue weighted by atomic mass is 10.2. The van der Waals surface area contributed by atoms with Gasteiger partial charge in [0.05, 0.1) is 19.7 Å². The van der Waals surface area contributed by atoms with Crippen LogP contribution in [0.5, 0.6) is 0 Å². The first-order chi connectivity index (χ1) is 9.87. The number of alkyl halides is 3. The van der Waals surface area contributed by atoms with E-state index >= 15 is 0 Å². The molecule has 0 unspecified atom stereocenters. The Bertz CT molecular complexity index is 420. The van der Waals surface area contributed by atoms with Crippen LogP contribution >= 0.6 is 0 Å². The van der Waals surface area contributed by atoms with E-state index in [0.29, 0.717) is 0 Å². The van der Waals surface area contributed by atoms with Gasteiger partial charge < -0.3 is 19.5 Å². The molecule has 0 spiro atoms. The normalized spacial score (nSPS) is 23.8. The Balaban J connectivity index is 2.85. The van der Waals surface area contributed by atoms with Gasteiger partial charge in [0.25, 0.3) is 0 Å². The van der Waals surface area contributed by atoms with Crippen LogP contribution in [0.4, 0.5) is 18.0 Å². The number of hydrogen-bond donors (Lipinski definition) is 1. The van der Waals surface area contributed by atoms with Crippen molar-refractivity contribution < 1.29 is 42.1 Å². The van der Waals surface area contributed by atoms with Crippen LogP contribution in [0.1, 0.15) is 20.8 Å². The molecule has 1 aliphatic rings. The second kappa shape index (κ2) is 6.69. The van der Waals surface area contributed by atoms with E-state index in [-0.39, 0.29) is 0 Å². The Morgan fingerprint density at radius 1 is 1.23 bits per heavy atom. The number of carbonyl (C=O) groups is 2. The summed E-state index contributed by atoms with van der Waals surface area (Å²) in [5, 5.41) is 8.95. The number of amides is 1. The van der Waals surface area contributed by atoms with E-state index in [4.69, 9.17) is 14.6 Å². The molecule has 0 aromatic rings. The van der Waals surface area contributed by atoms with Crippen LogP contribution in [0.3, 0.4) is 0 Å². The molecule has 1 fully saturated rings. The first-order valence-electron chi connectivity index (χ1n) is 6.44. The van der Waals surface area contributed by atoms with Crippen LogP contribution < -0.4 is 0 Å². The Hall–Kier alpha value is -1.55. The van der Waals surface area contributed by atoms with Crippen molar-refractivity contribution in [2.75, 3.05) is 19.7 Å². The van der Waals surface area contributed by atoms with E-state index in [1.807, 2.05) is 0 Å². The molecule has 128 valence electrons. The molecular formula is C12H18F3NO6. The summed E-state index contributed by atoms with van der Waals surface area (Å²) in [6.45, 7) is 3.22. The van der Waals surface area contributed by atoms with Gasteiger partial charge in [-0.2, -0.15) is 0 Å². The van der Waals surface area contributed by atoms with Crippen LogP contribution in [0, 0.1) is 0 Å². The molecule has 1 heterocycles. The highest BCUT2D eigenvalue weighted by molar-refractivity contribution is 5.74. The van der Waals surface area contributed by atoms with E-state index in [0.717, 1.165) is 4.90 Å². The topological polar surface area (TPSA) is 85.3 Å². The minimum atomic E-state index is -4.92. The number of ether oxygens (including phenoxy) is 3. The zero-order valence-corrected chi connectivity index (χ0v) is 12.3. The first kappa shape index (κ1) is 18.5. The number of carboxylic acids is 1. The average molecular weight is 329 g/mol. The Kier molecular flexibility index (Phi) is 5.63. The lowest BCUT2D eigenvalue weighted by Gasteiger charge is -2.28. The van der Waals surface area contributed by atoms with Gasteiger partial charge in [-0.15, -0.1) is 13.2 Å². The van der Waals surface area contributed by atoms with Crippen molar-refractivity contribution in [1.82, 2.24) is 4.90 Å². The van der Waals surface area contributed by atoms with Gasteiger partial charge in [0.1, 0.15) is 11.7 Å². The molecule has 0 aromatic heterocycles. The Labute approximate surface area is 124 Å². The van der Waals surface area contributed by atoms with Crippen molar-refractivity contribution in [1.29, 1.82) is 0 Å². The molecule has 1 N–H and O–H groups in total. The number of nitrogens with zero attached hydrogens (tertiary/aromatic N) is 1. The minimum Gasteiger partial charge on any atom is -0.479 e. The molecule has 0 bridgehead atoms. The van der Waals surface area contributed by atoms with Crippen molar-refractivity contribution in [3.8, 4) is 0 Å². The number of carboxylic acid groups (broad SMARTS) is 1. The lowest BCUT2D eigenvalue weighted by Crippen LogP contribution is -2.45. The zero-order valence-electron chi connectivity index (χ0n) is 12.3. The SMILES string of the molecule is CC(C)(C)OC(=O)N1C[C@@H](OC(F)(F)F)CO[C@H](C(=O)O)C1. The van der Waals surface area contributed by atoms with Crippen LogP contribution in [0.15, 0.2) is 0 Å². The van der Waals surface area contributed by atoms with Gasteiger partial charge in [0, 0.05) is 0 Å². The van der Waals surface area contributed by atoms with Crippen molar-refractivity contribution in [3.63, 3.8) is 0 Å². The highest BCUT2D eigenvalue weighted by Crippen LogP contribution is 2.22. The van der Waals surface area contributed by atoms with Gasteiger partial charge in [-0.1, -0.05) is 0 Å². The van der Waals surface area contributed by atoms with Crippen LogP contribution in [0.2, 0.25) is 0 Å². The van der Waals surface area contributed by atoms with E-state index in [1.165, 1.54) is 0 Å². The Morgan fingerprint density at radius 3 is 2.27 bits per heavy atom. The minimum absolute atomic E-state index is 0.429. The third-order valence-corrected chi connectivity index (χ3v) is 2.52. The quantitative estimate of drug-likeness (QED) is 0.828. The molecule has 0 saturated carbocycles. The van der Waals surface area contributed by atoms with Gasteiger partial charge in [-0.05, 0) is 20.8 Å². The standard InChI is InChI=1S/C12H18F3NO6/c1-11(2,3)22-10(19)16-4-7(21-12(13,14)15)6-20-8(5-16)9(17)18/h7-8H,4-6H2,1-3H3,(H,17,18)/t7-,8+/m1/s1. The molecule has 1 aliphatic heterocycles. The fourth-order valence-electron chi connectivity index (χ4n) is 1.73. The molecule has 0 aromatic carbocycles. The average Bonchev–Trinajstić information content (AvgIpc) is 2.47. The summed E-state index contributed by atoms with van der Waals surface area (Å²) in [4.78, 5) is 23.8. The van der Waals surface area contributed by atoms with Gasteiger partial charge in [0.15, 0.2) is 6.10 Å². The van der Waals surface area contributed by atoms with Crippen LogP contribution in [-0.4, -0.2) is 65.9 Å². The monoisotopic (exact) mass is 329 g/mol. The predicted octanol–water partition coefficient (Wildman–Crippen LogP) is 1.61. The Morgan fingerprint density at radius 2 is 1.82 bits per heavy atom. The largest absolute Gasteiger partial charge is 0.522 e. The van der Waals surface area contributed by atoms with Crippen LogP contribution in [0.25, 0.3) is 0 Å². The maximum absolute atomic E-state index is 12.3. The van der Waals surface area contributed by atoms with E-state index < -0.39 is 55.9 Å². The van der Waals surface area contributed by atoms with Crippen LogP contribution in [-0.2, 0) is 19.0 Å². The molecule has 2 atom stereocenters. The first-order valence-corrected chi connectivity index (χ1v) is 6.44. The second-order valence-corrected chi connectivity index (χ2v) is 5.73. The molecule has 22 heavy (non-hydrogen) atoms. The van der Waals surface area contributed by atoms with Crippen molar-refractivity contribution in [3.05, 3.63) is 0 Å². The number of aliphatic carboxylic acids is 1. The number of carbonyl (C=O) groups excluding carboxylic acids is 1. The molecule has 1 saturated heterocycles. The summed E-state index contributed by atoms with van der Waals surface area (Å²) in [5.41, 5.74) is -0.872. The van der Waals surface area contributed by atoms with E-state index in [9.17, 15) is 22.8 Å². The van der Waals surface area contributed by atoms with Gasteiger partial charge in [-0.3, -0.25) is 4.74 Å². The smallest absolute Gasteiger partial charge is 0.479 e. The summed E-state index contributed by atoms with van der Waals surface area (Å²) in [6.07, 6.45) is -8.83. The van der Waals surface area contributed by atoms with Crippen molar-refractivity contribution in [2.45, 2.75) is 44.9 Å². The van der Waals surface area contributed by atoms with E-state index in [1.54, 1.807) is 20.8 Å². The third kappa shape index (κ3) is 6.48. The van der Waals surface area contributed by atoms with E-state index in [2.05, 4.69) is 4.74 Å². The molecule has 1 rings (SSSR count). The summed E-state index contributed by atoms with van der Waals surface area (Å²) in [6, 6.07) is 0. The summed E-state index contributed by atoms with van der Waals surface area (Å²) < 4.78 is 50.6. The maximum atomic E-state index is 12.3. The molecule has 0 aliphatic carbocycles. The predicted molar refractivity (Wildman–Crippen MR) is 66.1 cm³/mol. The van der Waals surface area contributed by atoms with Gasteiger partial charge in [0.2, 0.25) is 0 Å². The molecule has 1 amide bonds. The number of halogens is 3. The fourth-order valence-corrected chi connectivity index (χ4v) is 1.73. The fraction of sp³-hybridized carbons (Fsp3) is 0.833. The summed E-state index contributed by atoms with van der Waals surface area (Å²) in [7, 11) is 0. The second-order valence-electron chi connectivity index (χ2n) is 5.73. The molecular weight excluding hydrogens is 311 g/mol. The molecule has 0 radical (unpaired) electrons. The lowest BCUT2D eigenvalue weighted by molar-refractivity contribution is -0.345. The summed E-state index contributed by atoms with van der Waals surface area (Å²) >= 11 is 0. The van der Waals surface area contributed by atoms with Gasteiger partial charge >= 0.3 is 18.4 Å². The molecule has 10 heteroatoms. The maximum Gasteiger partial charge on any atom is 0.522 e. The highest BCUT2D eigenvalue weighted by atomic mass is 19.4. The number of rotatable bonds is 2.